The molecule has 1 saturated carbocycles. The molecule has 2 aliphatic rings. The number of nitrogens with one attached hydrogen (secondary N) is 1. The first-order chi connectivity index (χ1) is 10.3. The quantitative estimate of drug-likeness (QED) is 0.866. The lowest BCUT2D eigenvalue weighted by Crippen LogP contribution is -2.34. The summed E-state index contributed by atoms with van der Waals surface area (Å²) in [6, 6.07) is 9.61. The van der Waals surface area contributed by atoms with E-state index in [0.29, 0.717) is 6.04 Å². The van der Waals surface area contributed by atoms with Crippen molar-refractivity contribution in [2.75, 3.05) is 18.0 Å². The number of para-hydroxylation sites is 1. The zero-order valence-electron chi connectivity index (χ0n) is 13.5. The average Bonchev–Trinajstić information content (AvgIpc) is 3.08. The minimum Gasteiger partial charge on any atom is -0.371 e. The summed E-state index contributed by atoms with van der Waals surface area (Å²) in [5.41, 5.74) is 2.93. The van der Waals surface area contributed by atoms with Crippen LogP contribution >= 0.6 is 0 Å². The Bertz CT molecular complexity index is 431. The summed E-state index contributed by atoms with van der Waals surface area (Å²) in [4.78, 5) is 2.56. The highest BCUT2D eigenvalue weighted by Gasteiger charge is 2.20. The first-order valence-electron chi connectivity index (χ1n) is 8.91. The molecule has 116 valence electrons. The topological polar surface area (TPSA) is 15.3 Å². The Kier molecular flexibility index (Phi) is 5.18. The molecule has 1 aromatic rings. The molecular weight excluding hydrogens is 256 g/mol. The van der Waals surface area contributed by atoms with Crippen molar-refractivity contribution in [1.82, 2.24) is 5.32 Å². The van der Waals surface area contributed by atoms with Crippen molar-refractivity contribution in [1.29, 1.82) is 0 Å². The fourth-order valence-electron chi connectivity index (χ4n) is 4.00. The van der Waals surface area contributed by atoms with Gasteiger partial charge in [-0.2, -0.15) is 0 Å². The highest BCUT2D eigenvalue weighted by Crippen LogP contribution is 2.28. The maximum atomic E-state index is 3.81. The molecule has 3 rings (SSSR count). The summed E-state index contributed by atoms with van der Waals surface area (Å²) < 4.78 is 0. The third-order valence-electron chi connectivity index (χ3n) is 5.41. The second-order valence-corrected chi connectivity index (χ2v) is 6.89. The number of hydrogen-bond acceptors (Lipinski definition) is 2. The number of benzene rings is 1. The Balaban J connectivity index is 1.59. The zero-order valence-corrected chi connectivity index (χ0v) is 13.5. The van der Waals surface area contributed by atoms with E-state index in [-0.39, 0.29) is 0 Å². The van der Waals surface area contributed by atoms with Gasteiger partial charge in [-0.25, -0.2) is 0 Å². The monoisotopic (exact) mass is 286 g/mol. The minimum absolute atomic E-state index is 0.650. The highest BCUT2D eigenvalue weighted by atomic mass is 15.1. The Hall–Kier alpha value is -1.02. The van der Waals surface area contributed by atoms with Crippen molar-refractivity contribution < 1.29 is 0 Å². The Morgan fingerprint density at radius 2 is 1.76 bits per heavy atom. The zero-order chi connectivity index (χ0) is 14.5. The molecule has 1 heterocycles. The third-order valence-corrected chi connectivity index (χ3v) is 5.41. The third kappa shape index (κ3) is 3.79. The van der Waals surface area contributed by atoms with E-state index >= 15 is 0 Å². The fraction of sp³-hybridized carbons (Fsp3) is 0.684. The van der Waals surface area contributed by atoms with Crippen LogP contribution in [0.1, 0.15) is 57.4 Å². The van der Waals surface area contributed by atoms with Crippen LogP contribution in [0.5, 0.6) is 0 Å². The van der Waals surface area contributed by atoms with E-state index < -0.39 is 0 Å². The van der Waals surface area contributed by atoms with Crippen LogP contribution in [0.25, 0.3) is 0 Å². The van der Waals surface area contributed by atoms with Gasteiger partial charge in [-0.1, -0.05) is 37.5 Å². The molecule has 0 aromatic heterocycles. The van der Waals surface area contributed by atoms with Gasteiger partial charge in [-0.15, -0.1) is 0 Å². The van der Waals surface area contributed by atoms with Crippen LogP contribution in [0.15, 0.2) is 24.3 Å². The van der Waals surface area contributed by atoms with Crippen molar-refractivity contribution in [3.05, 3.63) is 29.8 Å². The molecule has 2 nitrogen and oxygen atoms in total. The molecule has 21 heavy (non-hydrogen) atoms. The van der Waals surface area contributed by atoms with Gasteiger partial charge >= 0.3 is 0 Å². The lowest BCUT2D eigenvalue weighted by Gasteiger charge is -2.29. The second kappa shape index (κ2) is 7.31. The maximum Gasteiger partial charge on any atom is 0.0411 e. The van der Waals surface area contributed by atoms with Crippen LogP contribution in [-0.4, -0.2) is 19.1 Å². The minimum atomic E-state index is 0.650. The van der Waals surface area contributed by atoms with E-state index in [1.807, 2.05) is 0 Å². The van der Waals surface area contributed by atoms with E-state index in [9.17, 15) is 0 Å². The Labute approximate surface area is 129 Å². The van der Waals surface area contributed by atoms with E-state index in [2.05, 4.69) is 41.4 Å². The van der Waals surface area contributed by atoms with Gasteiger partial charge in [0.2, 0.25) is 0 Å². The Morgan fingerprint density at radius 1 is 1.05 bits per heavy atom. The number of nitrogens with zero attached hydrogens (tertiary/aromatic N) is 1. The van der Waals surface area contributed by atoms with Gasteiger partial charge < -0.3 is 10.2 Å². The molecule has 1 aliphatic heterocycles. The first kappa shape index (κ1) is 14.9. The number of anilines is 1. The molecule has 1 saturated heterocycles. The van der Waals surface area contributed by atoms with E-state index in [1.54, 1.807) is 0 Å². The molecule has 2 heteroatoms. The molecule has 0 bridgehead atoms. The maximum absolute atomic E-state index is 3.81. The summed E-state index contributed by atoms with van der Waals surface area (Å²) in [6.07, 6.45) is 9.84. The normalized spacial score (nSPS) is 21.7. The van der Waals surface area contributed by atoms with Crippen LogP contribution in [0.3, 0.4) is 0 Å². The molecule has 0 radical (unpaired) electrons. The van der Waals surface area contributed by atoms with Gasteiger partial charge in [0.25, 0.3) is 0 Å². The Morgan fingerprint density at radius 3 is 2.52 bits per heavy atom. The molecule has 1 aliphatic carbocycles. The summed E-state index contributed by atoms with van der Waals surface area (Å²) in [7, 11) is 0. The van der Waals surface area contributed by atoms with Crippen molar-refractivity contribution >= 4 is 5.69 Å². The molecule has 1 N–H and O–H groups in total. The number of rotatable bonds is 5. The first-order valence-corrected chi connectivity index (χ1v) is 8.91. The second-order valence-electron chi connectivity index (χ2n) is 6.89. The van der Waals surface area contributed by atoms with Gasteiger partial charge in [0.05, 0.1) is 0 Å². The smallest absolute Gasteiger partial charge is 0.0411 e. The van der Waals surface area contributed by atoms with E-state index in [4.69, 9.17) is 0 Å². The van der Waals surface area contributed by atoms with Crippen LogP contribution in [-0.2, 0) is 6.54 Å². The van der Waals surface area contributed by atoms with E-state index in [0.717, 1.165) is 12.5 Å². The molecular formula is C19H30N2. The fourth-order valence-corrected chi connectivity index (χ4v) is 4.00. The predicted octanol–water partition coefficient (Wildman–Crippen LogP) is 4.35. The largest absolute Gasteiger partial charge is 0.371 e. The number of hydrogen-bond donors (Lipinski definition) is 1. The molecule has 1 aromatic carbocycles. The highest BCUT2D eigenvalue weighted by molar-refractivity contribution is 5.54. The SMILES string of the molecule is C[C@@H](NCc1ccccc1N1CCCC1)C1CCCCC1. The lowest BCUT2D eigenvalue weighted by molar-refractivity contribution is 0.280. The lowest BCUT2D eigenvalue weighted by atomic mass is 9.84. The average molecular weight is 286 g/mol. The van der Waals surface area contributed by atoms with Gasteiger partial charge in [-0.05, 0) is 50.2 Å². The summed E-state index contributed by atoms with van der Waals surface area (Å²) >= 11 is 0. The molecule has 1 atom stereocenters. The van der Waals surface area contributed by atoms with Gasteiger partial charge in [0.15, 0.2) is 0 Å². The molecule has 0 amide bonds. The van der Waals surface area contributed by atoms with Crippen LogP contribution in [0.4, 0.5) is 5.69 Å². The van der Waals surface area contributed by atoms with Crippen molar-refractivity contribution in [3.8, 4) is 0 Å². The van der Waals surface area contributed by atoms with E-state index in [1.165, 1.54) is 69.3 Å². The van der Waals surface area contributed by atoms with Crippen LogP contribution in [0, 0.1) is 5.92 Å². The van der Waals surface area contributed by atoms with Crippen molar-refractivity contribution in [2.45, 2.75) is 64.5 Å². The molecule has 0 unspecified atom stereocenters. The standard InChI is InChI=1S/C19H30N2/c1-16(17-9-3-2-4-10-17)20-15-18-11-5-6-12-19(18)21-13-7-8-14-21/h5-6,11-12,16-17,20H,2-4,7-10,13-15H2,1H3/t16-/m1/s1. The van der Waals surface area contributed by atoms with Gasteiger partial charge in [-0.3, -0.25) is 0 Å². The van der Waals surface area contributed by atoms with Gasteiger partial charge in [0.1, 0.15) is 0 Å². The summed E-state index contributed by atoms with van der Waals surface area (Å²) in [5, 5.41) is 3.81. The van der Waals surface area contributed by atoms with Crippen LogP contribution < -0.4 is 10.2 Å². The summed E-state index contributed by atoms with van der Waals surface area (Å²) in [5.74, 6) is 0.887. The van der Waals surface area contributed by atoms with Crippen LogP contribution in [0.2, 0.25) is 0 Å². The van der Waals surface area contributed by atoms with Gasteiger partial charge in [0, 0.05) is 31.4 Å². The van der Waals surface area contributed by atoms with Crippen molar-refractivity contribution in [3.63, 3.8) is 0 Å². The molecule has 0 spiro atoms. The summed E-state index contributed by atoms with van der Waals surface area (Å²) in [6.45, 7) is 5.86. The molecule has 2 fully saturated rings. The van der Waals surface area contributed by atoms with Crippen molar-refractivity contribution in [2.24, 2.45) is 5.92 Å². The predicted molar refractivity (Wildman–Crippen MR) is 90.8 cm³/mol.